The second-order valence-electron chi connectivity index (χ2n) is 12.6. The van der Waals surface area contributed by atoms with E-state index in [1.54, 1.807) is 49.5 Å². The van der Waals surface area contributed by atoms with Crippen molar-refractivity contribution in [2.24, 2.45) is 5.92 Å². The Hall–Kier alpha value is -2.23. The molecule has 0 aromatic heterocycles. The number of hydrogen-bond donors (Lipinski definition) is 10. The Kier molecular flexibility index (Phi) is 21.1. The van der Waals surface area contributed by atoms with Crippen LogP contribution in [0.5, 0.6) is 0 Å². The Morgan fingerprint density at radius 2 is 1.23 bits per heavy atom. The van der Waals surface area contributed by atoms with E-state index in [2.05, 4.69) is 0 Å². The van der Waals surface area contributed by atoms with E-state index in [1.165, 1.54) is 19.1 Å². The molecule has 12 atom stereocenters. The zero-order valence-electron chi connectivity index (χ0n) is 27.8. The molecule has 1 heterocycles. The number of ether oxygens (including phenoxy) is 1. The number of rotatable bonds is 5. The monoisotopic (exact) mass is 670 g/mol. The number of esters is 1. The molecule has 12 heteroatoms. The van der Waals surface area contributed by atoms with Gasteiger partial charge in [-0.05, 0) is 39.5 Å². The first-order chi connectivity index (χ1) is 22.2. The van der Waals surface area contributed by atoms with Gasteiger partial charge in [-0.1, -0.05) is 86.4 Å². The molecule has 12 nitrogen and oxygen atoms in total. The molecule has 0 aliphatic carbocycles. The fraction of sp³-hybridized carbons (Fsp3) is 0.686. The molecular weight excluding hydrogens is 612 g/mol. The summed E-state index contributed by atoms with van der Waals surface area (Å²) in [5.74, 6) is -2.37. The van der Waals surface area contributed by atoms with E-state index in [4.69, 9.17) is 4.74 Å². The average molecular weight is 671 g/mol. The summed E-state index contributed by atoms with van der Waals surface area (Å²) < 4.78 is 5.41. The lowest BCUT2D eigenvalue weighted by Gasteiger charge is -2.29. The maximum atomic E-state index is 13.1. The van der Waals surface area contributed by atoms with Crippen LogP contribution in [-0.4, -0.2) is 124 Å². The average Bonchev–Trinajstić information content (AvgIpc) is 2.96. The van der Waals surface area contributed by atoms with Crippen LogP contribution in [-0.2, 0) is 9.53 Å². The molecule has 0 spiro atoms. The van der Waals surface area contributed by atoms with Gasteiger partial charge in [-0.25, -0.2) is 0 Å². The van der Waals surface area contributed by atoms with Gasteiger partial charge in [0.25, 0.3) is 0 Å². The normalized spacial score (nSPS) is 35.8. The molecule has 0 saturated carbocycles. The van der Waals surface area contributed by atoms with Crippen LogP contribution in [0, 0.1) is 5.92 Å². The van der Waals surface area contributed by atoms with Crippen LogP contribution >= 0.6 is 0 Å². The van der Waals surface area contributed by atoms with Gasteiger partial charge in [0.2, 0.25) is 0 Å². The van der Waals surface area contributed by atoms with Gasteiger partial charge in [-0.15, -0.1) is 0 Å². The third-order valence-electron chi connectivity index (χ3n) is 8.05. The van der Waals surface area contributed by atoms with Gasteiger partial charge in [-0.3, -0.25) is 4.79 Å². The van der Waals surface area contributed by atoms with Gasteiger partial charge in [0.15, 0.2) is 0 Å². The number of aliphatic hydroxyl groups is 10. The predicted molar refractivity (Wildman–Crippen MR) is 177 cm³/mol. The molecule has 0 radical (unpaired) electrons. The highest BCUT2D eigenvalue weighted by molar-refractivity contribution is 5.74. The Morgan fingerprint density at radius 3 is 1.81 bits per heavy atom. The van der Waals surface area contributed by atoms with Crippen molar-refractivity contribution >= 4 is 5.97 Å². The van der Waals surface area contributed by atoms with Crippen molar-refractivity contribution in [3.05, 3.63) is 60.3 Å². The predicted octanol–water partition coefficient (Wildman–Crippen LogP) is 0.859. The fourth-order valence-corrected chi connectivity index (χ4v) is 5.31. The first-order valence-corrected chi connectivity index (χ1v) is 16.5. The van der Waals surface area contributed by atoms with E-state index < -0.39 is 85.5 Å². The number of cyclic esters (lactones) is 1. The number of aliphatic hydroxyl groups excluding tert-OH is 10. The van der Waals surface area contributed by atoms with Gasteiger partial charge in [0, 0.05) is 12.8 Å². The molecule has 1 aliphatic rings. The molecule has 0 amide bonds. The standard InChI is InChI=1S/C35H58O12/c1-4-5-10-15-29(41)33-30(42)20-26(38)18-24(36)17-25(37)19-27(39)21-32(44)34(45)31(43)16-22(2)13-11-8-6-7-9-12-14-28(40)23(3)47-35(33)46/h6-9,11-14,16,23-34,36-45H,4-5,10,15,17-21H2,1-3H3. The minimum atomic E-state index is -1.61. The molecule has 1 rings (SSSR count). The topological polar surface area (TPSA) is 229 Å². The molecular formula is C35H58O12. The number of carbonyl (C=O) groups excluding carboxylic acids is 1. The lowest BCUT2D eigenvalue weighted by atomic mass is 9.87. The lowest BCUT2D eigenvalue weighted by molar-refractivity contribution is -0.168. The Balaban J connectivity index is 3.19. The maximum absolute atomic E-state index is 13.1. The zero-order valence-corrected chi connectivity index (χ0v) is 27.8. The molecule has 10 N–H and O–H groups in total. The maximum Gasteiger partial charge on any atom is 0.314 e. The number of carbonyl (C=O) groups is 1. The highest BCUT2D eigenvalue weighted by Crippen LogP contribution is 2.24. The van der Waals surface area contributed by atoms with Crippen molar-refractivity contribution in [1.29, 1.82) is 0 Å². The largest absolute Gasteiger partial charge is 0.459 e. The quantitative estimate of drug-likeness (QED) is 0.145. The molecule has 0 bridgehead atoms. The van der Waals surface area contributed by atoms with Crippen molar-refractivity contribution in [1.82, 2.24) is 0 Å². The van der Waals surface area contributed by atoms with Crippen LogP contribution in [0.4, 0.5) is 0 Å². The number of allylic oxidation sites excluding steroid dienone is 8. The van der Waals surface area contributed by atoms with Crippen LogP contribution in [0.1, 0.15) is 78.6 Å². The molecule has 47 heavy (non-hydrogen) atoms. The van der Waals surface area contributed by atoms with Crippen LogP contribution in [0.25, 0.3) is 0 Å². The first kappa shape index (κ1) is 42.8. The van der Waals surface area contributed by atoms with Gasteiger partial charge >= 0.3 is 5.97 Å². The summed E-state index contributed by atoms with van der Waals surface area (Å²) in [4.78, 5) is 13.1. The lowest BCUT2D eigenvalue weighted by Crippen LogP contribution is -2.43. The molecule has 0 saturated heterocycles. The second-order valence-corrected chi connectivity index (χ2v) is 12.6. The SMILES string of the molecule is CCCCCC(O)C1C(=O)OC(C)C(O)C=CC=CC=CC=CC(C)=CC(O)C(O)C(O)CC(O)CC(O)CC(O)CC(O)CC1O. The summed E-state index contributed by atoms with van der Waals surface area (Å²) in [5, 5.41) is 105. The molecule has 1 aliphatic heterocycles. The van der Waals surface area contributed by atoms with E-state index >= 15 is 0 Å². The minimum Gasteiger partial charge on any atom is -0.459 e. The second kappa shape index (κ2) is 23.2. The zero-order chi connectivity index (χ0) is 35.5. The number of unbranched alkanes of at least 4 members (excludes halogenated alkanes) is 2. The van der Waals surface area contributed by atoms with Gasteiger partial charge in [-0.2, -0.15) is 0 Å². The van der Waals surface area contributed by atoms with Crippen molar-refractivity contribution in [3.63, 3.8) is 0 Å². The number of hydrogen-bond acceptors (Lipinski definition) is 12. The van der Waals surface area contributed by atoms with Gasteiger partial charge in [0.05, 0.1) is 42.7 Å². The van der Waals surface area contributed by atoms with E-state index in [0.29, 0.717) is 12.0 Å². The fourth-order valence-electron chi connectivity index (χ4n) is 5.31. The molecule has 12 unspecified atom stereocenters. The Morgan fingerprint density at radius 1 is 0.723 bits per heavy atom. The Bertz CT molecular complexity index is 1020. The van der Waals surface area contributed by atoms with Crippen LogP contribution < -0.4 is 0 Å². The van der Waals surface area contributed by atoms with E-state index in [0.717, 1.165) is 12.8 Å². The smallest absolute Gasteiger partial charge is 0.314 e. The van der Waals surface area contributed by atoms with E-state index in [1.807, 2.05) is 6.92 Å². The van der Waals surface area contributed by atoms with E-state index in [9.17, 15) is 55.9 Å². The molecule has 0 aromatic rings. The summed E-state index contributed by atoms with van der Waals surface area (Å²) in [6.07, 6.45) is 0.421. The highest BCUT2D eigenvalue weighted by Gasteiger charge is 2.37. The molecule has 0 fully saturated rings. The van der Waals surface area contributed by atoms with Crippen molar-refractivity contribution in [2.45, 2.75) is 146 Å². The van der Waals surface area contributed by atoms with Crippen molar-refractivity contribution in [3.8, 4) is 0 Å². The van der Waals surface area contributed by atoms with Gasteiger partial charge in [0.1, 0.15) is 30.3 Å². The Labute approximate surface area is 278 Å². The summed E-state index contributed by atoms with van der Waals surface area (Å²) in [5.41, 5.74) is 0.590. The summed E-state index contributed by atoms with van der Waals surface area (Å²) in [6.45, 7) is 5.12. The van der Waals surface area contributed by atoms with Crippen LogP contribution in [0.2, 0.25) is 0 Å². The van der Waals surface area contributed by atoms with Crippen molar-refractivity contribution < 1.29 is 60.6 Å². The summed E-state index contributed by atoms with van der Waals surface area (Å²) in [7, 11) is 0. The molecule has 270 valence electrons. The summed E-state index contributed by atoms with van der Waals surface area (Å²) in [6, 6.07) is 0. The third-order valence-corrected chi connectivity index (χ3v) is 8.05. The molecule has 0 aromatic carbocycles. The van der Waals surface area contributed by atoms with E-state index in [-0.39, 0.29) is 32.1 Å². The van der Waals surface area contributed by atoms with Crippen LogP contribution in [0.3, 0.4) is 0 Å². The van der Waals surface area contributed by atoms with Gasteiger partial charge < -0.3 is 55.8 Å². The van der Waals surface area contributed by atoms with Crippen LogP contribution in [0.15, 0.2) is 60.3 Å². The summed E-state index contributed by atoms with van der Waals surface area (Å²) >= 11 is 0. The van der Waals surface area contributed by atoms with Crippen molar-refractivity contribution in [2.75, 3.05) is 0 Å². The third kappa shape index (κ3) is 17.7. The minimum absolute atomic E-state index is 0.197. The highest BCUT2D eigenvalue weighted by atomic mass is 16.6. The first-order valence-electron chi connectivity index (χ1n) is 16.5.